The molecular formula is C9H14N2O3S. The van der Waals surface area contributed by atoms with Gasteiger partial charge < -0.3 is 16.2 Å². The van der Waals surface area contributed by atoms with E-state index in [2.05, 4.69) is 11.2 Å². The maximum absolute atomic E-state index is 11.3. The van der Waals surface area contributed by atoms with Crippen LogP contribution < -0.4 is 11.1 Å². The number of thioether (sulfide) groups is 1. The maximum Gasteiger partial charge on any atom is 0.321 e. The van der Waals surface area contributed by atoms with E-state index >= 15 is 0 Å². The number of rotatable bonds is 6. The molecule has 0 saturated heterocycles. The predicted molar refractivity (Wildman–Crippen MR) is 59.4 cm³/mol. The molecule has 2 atom stereocenters. The number of aliphatic carboxylic acids is 1. The van der Waals surface area contributed by atoms with Crippen molar-refractivity contribution >= 4 is 23.6 Å². The standard InChI is InChI=1S/C9H14N2O3S/c1-3-4-11-8(12)6(2)15-5-7(10)9(13)14/h1,6-7H,4-5,10H2,2H3,(H,11,12)(H,13,14)/t6-,7-/m0/s1. The third kappa shape index (κ3) is 5.99. The summed E-state index contributed by atoms with van der Waals surface area (Å²) in [6.07, 6.45) is 4.97. The molecule has 15 heavy (non-hydrogen) atoms. The molecule has 0 heterocycles. The molecule has 0 rings (SSSR count). The van der Waals surface area contributed by atoms with Crippen LogP contribution in [0.1, 0.15) is 6.92 Å². The van der Waals surface area contributed by atoms with Crippen molar-refractivity contribution in [2.75, 3.05) is 12.3 Å². The lowest BCUT2D eigenvalue weighted by atomic mass is 10.4. The summed E-state index contributed by atoms with van der Waals surface area (Å²) >= 11 is 1.18. The van der Waals surface area contributed by atoms with E-state index < -0.39 is 12.0 Å². The molecule has 0 spiro atoms. The number of carbonyl (C=O) groups excluding carboxylic acids is 1. The summed E-state index contributed by atoms with van der Waals surface area (Å²) in [4.78, 5) is 21.7. The van der Waals surface area contributed by atoms with Crippen molar-refractivity contribution in [3.63, 3.8) is 0 Å². The van der Waals surface area contributed by atoms with Gasteiger partial charge in [0.1, 0.15) is 6.04 Å². The summed E-state index contributed by atoms with van der Waals surface area (Å²) < 4.78 is 0. The van der Waals surface area contributed by atoms with E-state index in [0.717, 1.165) is 0 Å². The van der Waals surface area contributed by atoms with Gasteiger partial charge in [0.05, 0.1) is 11.8 Å². The van der Waals surface area contributed by atoms with E-state index in [9.17, 15) is 9.59 Å². The first-order valence-electron chi connectivity index (χ1n) is 4.30. The zero-order valence-corrected chi connectivity index (χ0v) is 9.21. The Kier molecular flexibility index (Phi) is 6.58. The summed E-state index contributed by atoms with van der Waals surface area (Å²) in [5.74, 6) is 1.19. The number of amides is 1. The topological polar surface area (TPSA) is 92.4 Å². The molecule has 1 amide bonds. The Hall–Kier alpha value is -1.19. The van der Waals surface area contributed by atoms with Crippen LogP contribution in [-0.2, 0) is 9.59 Å². The van der Waals surface area contributed by atoms with Crippen LogP contribution in [0.4, 0.5) is 0 Å². The molecule has 0 aromatic rings. The third-order valence-corrected chi connectivity index (χ3v) is 2.84. The molecule has 4 N–H and O–H groups in total. The Morgan fingerprint density at radius 1 is 1.67 bits per heavy atom. The number of nitrogens with two attached hydrogens (primary N) is 1. The van der Waals surface area contributed by atoms with Crippen LogP contribution in [0.2, 0.25) is 0 Å². The highest BCUT2D eigenvalue weighted by Crippen LogP contribution is 2.11. The first-order chi connectivity index (χ1) is 6.99. The second-order valence-electron chi connectivity index (χ2n) is 2.84. The van der Waals surface area contributed by atoms with Gasteiger partial charge in [0, 0.05) is 5.75 Å². The maximum atomic E-state index is 11.3. The minimum atomic E-state index is -1.07. The molecule has 0 fully saturated rings. The summed E-state index contributed by atoms with van der Waals surface area (Å²) in [5.41, 5.74) is 5.28. The van der Waals surface area contributed by atoms with E-state index in [1.165, 1.54) is 11.8 Å². The van der Waals surface area contributed by atoms with Crippen molar-refractivity contribution in [2.45, 2.75) is 18.2 Å². The van der Waals surface area contributed by atoms with Crippen molar-refractivity contribution in [2.24, 2.45) is 5.73 Å². The lowest BCUT2D eigenvalue weighted by molar-refractivity contribution is -0.138. The predicted octanol–water partition coefficient (Wildman–Crippen LogP) is -0.731. The van der Waals surface area contributed by atoms with Crippen LogP contribution in [-0.4, -0.2) is 40.6 Å². The van der Waals surface area contributed by atoms with Crippen molar-refractivity contribution in [3.05, 3.63) is 0 Å². The van der Waals surface area contributed by atoms with Gasteiger partial charge >= 0.3 is 5.97 Å². The molecule has 6 heteroatoms. The van der Waals surface area contributed by atoms with Gasteiger partial charge in [-0.25, -0.2) is 0 Å². The second-order valence-corrected chi connectivity index (χ2v) is 4.22. The fourth-order valence-corrected chi connectivity index (χ4v) is 1.55. The number of terminal acetylenes is 1. The van der Waals surface area contributed by atoms with Gasteiger partial charge in [-0.2, -0.15) is 0 Å². The lowest BCUT2D eigenvalue weighted by Crippen LogP contribution is -2.36. The number of hydrogen-bond donors (Lipinski definition) is 3. The Morgan fingerprint density at radius 3 is 2.73 bits per heavy atom. The smallest absolute Gasteiger partial charge is 0.321 e. The van der Waals surface area contributed by atoms with Gasteiger partial charge in [-0.15, -0.1) is 18.2 Å². The van der Waals surface area contributed by atoms with E-state index in [1.54, 1.807) is 6.92 Å². The van der Waals surface area contributed by atoms with Crippen LogP contribution in [0.15, 0.2) is 0 Å². The third-order valence-electron chi connectivity index (χ3n) is 1.58. The van der Waals surface area contributed by atoms with Gasteiger partial charge in [-0.05, 0) is 6.92 Å². The molecule has 0 aliphatic carbocycles. The normalized spacial score (nSPS) is 13.7. The molecule has 0 radical (unpaired) electrons. The molecule has 0 aromatic carbocycles. The van der Waals surface area contributed by atoms with Crippen LogP contribution in [0.5, 0.6) is 0 Å². The fraction of sp³-hybridized carbons (Fsp3) is 0.556. The Labute approximate surface area is 92.8 Å². The average molecular weight is 230 g/mol. The molecule has 0 aliphatic rings. The highest BCUT2D eigenvalue weighted by atomic mass is 32.2. The van der Waals surface area contributed by atoms with Crippen molar-refractivity contribution in [3.8, 4) is 12.3 Å². The molecule has 0 aliphatic heterocycles. The number of hydrogen-bond acceptors (Lipinski definition) is 4. The fourth-order valence-electron chi connectivity index (χ4n) is 0.677. The Morgan fingerprint density at radius 2 is 2.27 bits per heavy atom. The highest BCUT2D eigenvalue weighted by Gasteiger charge is 2.17. The SMILES string of the molecule is C#CCNC(=O)[C@H](C)SC[C@H](N)C(=O)O. The van der Waals surface area contributed by atoms with Crippen LogP contribution in [0, 0.1) is 12.3 Å². The largest absolute Gasteiger partial charge is 0.480 e. The van der Waals surface area contributed by atoms with Gasteiger partial charge in [-0.3, -0.25) is 9.59 Å². The first kappa shape index (κ1) is 13.8. The van der Waals surface area contributed by atoms with Crippen LogP contribution >= 0.6 is 11.8 Å². The molecule has 0 bridgehead atoms. The molecule has 0 unspecified atom stereocenters. The van der Waals surface area contributed by atoms with E-state index in [1.807, 2.05) is 0 Å². The van der Waals surface area contributed by atoms with Gasteiger partial charge in [-0.1, -0.05) is 5.92 Å². The first-order valence-corrected chi connectivity index (χ1v) is 5.35. The van der Waals surface area contributed by atoms with E-state index in [4.69, 9.17) is 17.3 Å². The minimum absolute atomic E-state index is 0.175. The molecule has 0 aromatic heterocycles. The zero-order valence-electron chi connectivity index (χ0n) is 8.40. The molecule has 5 nitrogen and oxygen atoms in total. The average Bonchev–Trinajstić information content (AvgIpc) is 2.21. The monoisotopic (exact) mass is 230 g/mol. The van der Waals surface area contributed by atoms with Gasteiger partial charge in [0.25, 0.3) is 0 Å². The Bertz CT molecular complexity index is 275. The summed E-state index contributed by atoms with van der Waals surface area (Å²) in [6.45, 7) is 1.85. The molecule has 0 saturated carbocycles. The Balaban J connectivity index is 3.83. The van der Waals surface area contributed by atoms with E-state index in [0.29, 0.717) is 0 Å². The summed E-state index contributed by atoms with van der Waals surface area (Å²) in [5, 5.41) is 10.7. The van der Waals surface area contributed by atoms with Crippen molar-refractivity contribution in [1.82, 2.24) is 5.32 Å². The van der Waals surface area contributed by atoms with E-state index in [-0.39, 0.29) is 23.5 Å². The zero-order chi connectivity index (χ0) is 11.8. The molecule has 84 valence electrons. The quantitative estimate of drug-likeness (QED) is 0.523. The van der Waals surface area contributed by atoms with Crippen molar-refractivity contribution < 1.29 is 14.7 Å². The number of carboxylic acid groups (broad SMARTS) is 1. The number of nitrogens with one attached hydrogen (secondary N) is 1. The summed E-state index contributed by atoms with van der Waals surface area (Å²) in [6, 6.07) is -0.946. The van der Waals surface area contributed by atoms with Crippen molar-refractivity contribution in [1.29, 1.82) is 0 Å². The molecular weight excluding hydrogens is 216 g/mol. The second kappa shape index (κ2) is 7.15. The van der Waals surface area contributed by atoms with Crippen LogP contribution in [0.3, 0.4) is 0 Å². The summed E-state index contributed by atoms with van der Waals surface area (Å²) in [7, 11) is 0. The number of carboxylic acids is 1. The highest BCUT2D eigenvalue weighted by molar-refractivity contribution is 8.00. The van der Waals surface area contributed by atoms with Crippen LogP contribution in [0.25, 0.3) is 0 Å². The van der Waals surface area contributed by atoms with Gasteiger partial charge in [0.15, 0.2) is 0 Å². The number of carbonyl (C=O) groups is 2. The van der Waals surface area contributed by atoms with Gasteiger partial charge in [0.2, 0.25) is 5.91 Å². The minimum Gasteiger partial charge on any atom is -0.480 e. The lowest BCUT2D eigenvalue weighted by Gasteiger charge is -2.12.